The van der Waals surface area contributed by atoms with Gasteiger partial charge in [0.05, 0.1) is 13.0 Å². The number of rotatable bonds is 4. The lowest BCUT2D eigenvalue weighted by Crippen LogP contribution is -2.09. The van der Waals surface area contributed by atoms with Crippen molar-refractivity contribution in [3.63, 3.8) is 0 Å². The molecule has 0 fully saturated rings. The quantitative estimate of drug-likeness (QED) is 0.797. The average Bonchev–Trinajstić information content (AvgIpc) is 2.17. The average molecular weight is 222 g/mol. The lowest BCUT2D eigenvalue weighted by molar-refractivity contribution is -0.143. The van der Waals surface area contributed by atoms with Crippen LogP contribution in [0.4, 0.5) is 0 Å². The molecule has 1 aromatic carbocycles. The fourth-order valence-corrected chi connectivity index (χ4v) is 1.79. The van der Waals surface area contributed by atoms with Gasteiger partial charge >= 0.3 is 5.97 Å². The number of aromatic hydroxyl groups is 1. The number of phenolic OH excluding ortho intramolecular Hbond substituents is 1. The summed E-state index contributed by atoms with van der Waals surface area (Å²) in [6.07, 6.45) is 0.374. The molecule has 0 saturated heterocycles. The molecule has 1 atom stereocenters. The molecule has 0 aliphatic rings. The Balaban J connectivity index is 2.72. The van der Waals surface area contributed by atoms with Gasteiger partial charge in [-0.25, -0.2) is 0 Å². The molecular weight excluding hydrogens is 204 g/mol. The van der Waals surface area contributed by atoms with E-state index in [1.165, 1.54) is 0 Å². The number of hydrogen-bond donors (Lipinski definition) is 1. The first-order valence-electron chi connectivity index (χ1n) is 5.49. The van der Waals surface area contributed by atoms with E-state index in [1.54, 1.807) is 19.1 Å². The highest BCUT2D eigenvalue weighted by Crippen LogP contribution is 2.25. The van der Waals surface area contributed by atoms with Crippen LogP contribution in [0.3, 0.4) is 0 Å². The molecule has 3 heteroatoms. The van der Waals surface area contributed by atoms with E-state index < -0.39 is 0 Å². The molecule has 1 aromatic rings. The molecule has 0 saturated carbocycles. The van der Waals surface area contributed by atoms with E-state index in [2.05, 4.69) is 0 Å². The van der Waals surface area contributed by atoms with Gasteiger partial charge in [-0.15, -0.1) is 0 Å². The minimum atomic E-state index is -0.178. The van der Waals surface area contributed by atoms with E-state index in [9.17, 15) is 9.90 Å². The highest BCUT2D eigenvalue weighted by molar-refractivity contribution is 5.70. The molecule has 3 nitrogen and oxygen atoms in total. The van der Waals surface area contributed by atoms with E-state index in [-0.39, 0.29) is 17.6 Å². The Labute approximate surface area is 96.1 Å². The third kappa shape index (κ3) is 3.26. The van der Waals surface area contributed by atoms with E-state index in [4.69, 9.17) is 4.74 Å². The van der Waals surface area contributed by atoms with Gasteiger partial charge in [0.1, 0.15) is 5.75 Å². The maximum atomic E-state index is 11.3. The van der Waals surface area contributed by atoms with Crippen LogP contribution in [0, 0.1) is 6.92 Å². The van der Waals surface area contributed by atoms with Gasteiger partial charge in [0.2, 0.25) is 0 Å². The predicted octanol–water partition coefficient (Wildman–Crippen LogP) is 2.76. The van der Waals surface area contributed by atoms with Gasteiger partial charge in [-0.2, -0.15) is 0 Å². The second-order valence-corrected chi connectivity index (χ2v) is 3.95. The van der Waals surface area contributed by atoms with Crippen LogP contribution in [0.5, 0.6) is 5.75 Å². The molecule has 0 unspecified atom stereocenters. The van der Waals surface area contributed by atoms with Crippen LogP contribution in [-0.2, 0) is 9.53 Å². The van der Waals surface area contributed by atoms with E-state index in [0.29, 0.717) is 13.0 Å². The number of hydrogen-bond acceptors (Lipinski definition) is 3. The molecule has 0 aromatic heterocycles. The number of carbonyl (C=O) groups excluding carboxylic acids is 1. The van der Waals surface area contributed by atoms with Gasteiger partial charge < -0.3 is 9.84 Å². The van der Waals surface area contributed by atoms with Crippen molar-refractivity contribution in [2.45, 2.75) is 33.1 Å². The highest BCUT2D eigenvalue weighted by atomic mass is 16.5. The summed E-state index contributed by atoms with van der Waals surface area (Å²) >= 11 is 0. The van der Waals surface area contributed by atoms with Gasteiger partial charge in [-0.1, -0.05) is 13.0 Å². The Bertz CT molecular complexity index is 371. The molecule has 0 radical (unpaired) electrons. The van der Waals surface area contributed by atoms with Crippen LogP contribution in [-0.4, -0.2) is 17.7 Å². The Kier molecular flexibility index (Phi) is 4.35. The van der Waals surface area contributed by atoms with Gasteiger partial charge in [0, 0.05) is 0 Å². The molecule has 1 N–H and O–H groups in total. The summed E-state index contributed by atoms with van der Waals surface area (Å²) in [5, 5.41) is 9.29. The van der Waals surface area contributed by atoms with Crippen LogP contribution in [0.25, 0.3) is 0 Å². The van der Waals surface area contributed by atoms with Crippen molar-refractivity contribution in [3.05, 3.63) is 29.3 Å². The number of esters is 1. The molecule has 0 amide bonds. The maximum Gasteiger partial charge on any atom is 0.306 e. The minimum absolute atomic E-state index is 0.111. The molecule has 0 bridgehead atoms. The number of benzene rings is 1. The van der Waals surface area contributed by atoms with E-state index in [0.717, 1.165) is 11.1 Å². The summed E-state index contributed by atoms with van der Waals surface area (Å²) in [6.45, 7) is 6.13. The molecular formula is C13H18O3. The van der Waals surface area contributed by atoms with Crippen molar-refractivity contribution in [2.24, 2.45) is 0 Å². The van der Waals surface area contributed by atoms with Crippen molar-refractivity contribution < 1.29 is 14.6 Å². The Morgan fingerprint density at radius 2 is 2.19 bits per heavy atom. The van der Waals surface area contributed by atoms with Crippen molar-refractivity contribution in [2.75, 3.05) is 6.61 Å². The number of ether oxygens (including phenoxy) is 1. The molecule has 88 valence electrons. The zero-order chi connectivity index (χ0) is 12.1. The standard InChI is InChI=1S/C13H18O3/c1-4-16-13(15)8-10(3)12-6-5-11(14)7-9(12)2/h5-7,10,14H,4,8H2,1-3H3/t10-/m1/s1. The van der Waals surface area contributed by atoms with Gasteiger partial charge in [0.25, 0.3) is 0 Å². The lowest BCUT2D eigenvalue weighted by atomic mass is 9.94. The smallest absolute Gasteiger partial charge is 0.306 e. The zero-order valence-electron chi connectivity index (χ0n) is 9.99. The van der Waals surface area contributed by atoms with Crippen molar-refractivity contribution in [1.29, 1.82) is 0 Å². The van der Waals surface area contributed by atoms with Crippen LogP contribution in [0.2, 0.25) is 0 Å². The summed E-state index contributed by atoms with van der Waals surface area (Å²) in [5.74, 6) is 0.187. The first-order chi connectivity index (χ1) is 7.54. The van der Waals surface area contributed by atoms with Gasteiger partial charge in [-0.05, 0) is 43.0 Å². The zero-order valence-corrected chi connectivity index (χ0v) is 9.99. The number of aryl methyl sites for hydroxylation is 1. The monoisotopic (exact) mass is 222 g/mol. The summed E-state index contributed by atoms with van der Waals surface area (Å²) in [5.41, 5.74) is 2.07. The third-order valence-electron chi connectivity index (χ3n) is 2.56. The van der Waals surface area contributed by atoms with E-state index in [1.807, 2.05) is 19.9 Å². The number of carbonyl (C=O) groups is 1. The fourth-order valence-electron chi connectivity index (χ4n) is 1.79. The van der Waals surface area contributed by atoms with Crippen molar-refractivity contribution in [1.82, 2.24) is 0 Å². The SMILES string of the molecule is CCOC(=O)C[C@@H](C)c1ccc(O)cc1C. The second kappa shape index (κ2) is 5.54. The Hall–Kier alpha value is -1.51. The van der Waals surface area contributed by atoms with Crippen LogP contribution < -0.4 is 0 Å². The summed E-state index contributed by atoms with van der Waals surface area (Å²) in [4.78, 5) is 11.3. The first-order valence-corrected chi connectivity index (χ1v) is 5.49. The summed E-state index contributed by atoms with van der Waals surface area (Å²) in [6, 6.07) is 5.20. The predicted molar refractivity (Wildman–Crippen MR) is 62.5 cm³/mol. The van der Waals surface area contributed by atoms with Gasteiger partial charge in [0.15, 0.2) is 0 Å². The largest absolute Gasteiger partial charge is 0.508 e. The summed E-state index contributed by atoms with van der Waals surface area (Å²) in [7, 11) is 0. The number of phenols is 1. The van der Waals surface area contributed by atoms with Crippen LogP contribution in [0.1, 0.15) is 37.3 Å². The minimum Gasteiger partial charge on any atom is -0.508 e. The van der Waals surface area contributed by atoms with Crippen molar-refractivity contribution >= 4 is 5.97 Å². The fraction of sp³-hybridized carbons (Fsp3) is 0.462. The molecule has 0 aliphatic heterocycles. The lowest BCUT2D eigenvalue weighted by Gasteiger charge is -2.14. The van der Waals surface area contributed by atoms with Gasteiger partial charge in [-0.3, -0.25) is 4.79 Å². The Morgan fingerprint density at radius 3 is 2.75 bits per heavy atom. The molecule has 1 rings (SSSR count). The topological polar surface area (TPSA) is 46.5 Å². The summed E-state index contributed by atoms with van der Waals surface area (Å²) < 4.78 is 4.91. The van der Waals surface area contributed by atoms with Crippen LogP contribution >= 0.6 is 0 Å². The third-order valence-corrected chi connectivity index (χ3v) is 2.56. The maximum absolute atomic E-state index is 11.3. The first kappa shape index (κ1) is 12.6. The molecule has 0 spiro atoms. The molecule has 16 heavy (non-hydrogen) atoms. The Morgan fingerprint density at radius 1 is 1.50 bits per heavy atom. The molecule has 0 aliphatic carbocycles. The van der Waals surface area contributed by atoms with Crippen molar-refractivity contribution in [3.8, 4) is 5.75 Å². The normalized spacial score (nSPS) is 12.2. The second-order valence-electron chi connectivity index (χ2n) is 3.95. The van der Waals surface area contributed by atoms with Crippen LogP contribution in [0.15, 0.2) is 18.2 Å². The van der Waals surface area contributed by atoms with E-state index >= 15 is 0 Å². The molecule has 0 heterocycles. The highest BCUT2D eigenvalue weighted by Gasteiger charge is 2.14.